The van der Waals surface area contributed by atoms with Gasteiger partial charge >= 0.3 is 10.2 Å². The molecule has 1 aromatic rings. The molecule has 1 N–H and O–H groups in total. The molecule has 0 aliphatic carbocycles. The molecule has 0 aliphatic heterocycles. The van der Waals surface area contributed by atoms with E-state index in [4.69, 9.17) is 0 Å². The molecule has 0 unspecified atom stereocenters. The minimum Gasteiger partial charge on any atom is -0.293 e. The Kier molecular flexibility index (Phi) is 4.61. The molecule has 1 rings (SSSR count). The number of anilines is 1. The molecule has 0 amide bonds. The van der Waals surface area contributed by atoms with Gasteiger partial charge in [0.05, 0.1) is 0 Å². The van der Waals surface area contributed by atoms with E-state index in [0.717, 1.165) is 11.3 Å². The van der Waals surface area contributed by atoms with Gasteiger partial charge in [0.25, 0.3) is 0 Å². The van der Waals surface area contributed by atoms with Gasteiger partial charge in [0.1, 0.15) is 5.69 Å². The van der Waals surface area contributed by atoms with Crippen LogP contribution in [0, 0.1) is 0 Å². The van der Waals surface area contributed by atoms with Crippen molar-refractivity contribution in [3.63, 3.8) is 0 Å². The molecule has 0 radical (unpaired) electrons. The van der Waals surface area contributed by atoms with Crippen molar-refractivity contribution in [2.45, 2.75) is 20.8 Å². The molecule has 8 heteroatoms. The van der Waals surface area contributed by atoms with Gasteiger partial charge in [-0.05, 0) is 0 Å². The number of hydrogen-bond donors (Lipinski definition) is 1. The van der Waals surface area contributed by atoms with Crippen molar-refractivity contribution in [1.29, 1.82) is 0 Å². The van der Waals surface area contributed by atoms with Gasteiger partial charge in [0, 0.05) is 25.4 Å². The lowest BCUT2D eigenvalue weighted by Crippen LogP contribution is -2.35. The molecule has 1 aromatic heterocycles. The number of nitrogens with one attached hydrogen (secondary N) is 1. The zero-order chi connectivity index (χ0) is 13.1. The van der Waals surface area contributed by atoms with Gasteiger partial charge in [-0.3, -0.25) is 4.79 Å². The minimum atomic E-state index is -3.57. The molecule has 0 bridgehead atoms. The molecular formula is C9H15N3O3S2. The number of Topliss-reactive ketones (excluding diaryl/α,β-unsaturated/α-hetero) is 1. The predicted molar refractivity (Wildman–Crippen MR) is 67.6 cm³/mol. The minimum absolute atomic E-state index is 0.186. The fraction of sp³-hybridized carbons (Fsp3) is 0.556. The second kappa shape index (κ2) is 5.56. The quantitative estimate of drug-likeness (QED) is 0.796. The van der Waals surface area contributed by atoms with Crippen molar-refractivity contribution >= 4 is 32.5 Å². The Labute approximate surface area is 105 Å². The van der Waals surface area contributed by atoms with Gasteiger partial charge < -0.3 is 0 Å². The Morgan fingerprint density at radius 2 is 2.06 bits per heavy atom. The SMILES string of the molecule is CCN(CC)S(=O)(=O)Nc1nc(C(C)=O)cs1. The second-order valence-electron chi connectivity index (χ2n) is 3.29. The zero-order valence-corrected chi connectivity index (χ0v) is 11.6. The van der Waals surface area contributed by atoms with Gasteiger partial charge in [-0.25, -0.2) is 9.71 Å². The third-order valence-corrected chi connectivity index (χ3v) is 4.66. The Morgan fingerprint density at radius 3 is 2.47 bits per heavy atom. The van der Waals surface area contributed by atoms with Crippen LogP contribution in [-0.4, -0.2) is 36.6 Å². The Hall–Kier alpha value is -0.990. The smallest absolute Gasteiger partial charge is 0.293 e. The number of carbonyl (C=O) groups is 1. The first-order valence-corrected chi connectivity index (χ1v) is 7.47. The largest absolute Gasteiger partial charge is 0.303 e. The number of carbonyl (C=O) groups excluding carboxylic acids is 1. The fourth-order valence-corrected chi connectivity index (χ4v) is 3.40. The van der Waals surface area contributed by atoms with Gasteiger partial charge in [0.15, 0.2) is 10.9 Å². The number of hydrogen-bond acceptors (Lipinski definition) is 5. The van der Waals surface area contributed by atoms with E-state index >= 15 is 0 Å². The van der Waals surface area contributed by atoms with Crippen molar-refractivity contribution in [3.8, 4) is 0 Å². The molecular weight excluding hydrogens is 262 g/mol. The Bertz CT molecular complexity index is 491. The first-order chi connectivity index (χ1) is 7.90. The van der Waals surface area contributed by atoms with Gasteiger partial charge in [-0.15, -0.1) is 11.3 Å². The number of nitrogens with zero attached hydrogens (tertiary/aromatic N) is 2. The highest BCUT2D eigenvalue weighted by Crippen LogP contribution is 2.18. The van der Waals surface area contributed by atoms with Gasteiger partial charge in [-0.2, -0.15) is 12.7 Å². The van der Waals surface area contributed by atoms with E-state index in [1.807, 2.05) is 0 Å². The van der Waals surface area contributed by atoms with Gasteiger partial charge in [0.2, 0.25) is 0 Å². The summed E-state index contributed by atoms with van der Waals surface area (Å²) in [7, 11) is -3.57. The highest BCUT2D eigenvalue weighted by atomic mass is 32.2. The average Bonchev–Trinajstić information content (AvgIpc) is 2.66. The van der Waals surface area contributed by atoms with E-state index in [2.05, 4.69) is 9.71 Å². The highest BCUT2D eigenvalue weighted by Gasteiger charge is 2.20. The summed E-state index contributed by atoms with van der Waals surface area (Å²) in [5.74, 6) is -0.186. The molecule has 6 nitrogen and oxygen atoms in total. The molecule has 1 heterocycles. The topological polar surface area (TPSA) is 79.4 Å². The van der Waals surface area contributed by atoms with Crippen LogP contribution in [0.4, 0.5) is 5.13 Å². The van der Waals surface area contributed by atoms with Crippen LogP contribution in [0.15, 0.2) is 5.38 Å². The van der Waals surface area contributed by atoms with Crippen LogP contribution in [-0.2, 0) is 10.2 Å². The third kappa shape index (κ3) is 3.48. The van der Waals surface area contributed by atoms with Gasteiger partial charge in [-0.1, -0.05) is 13.8 Å². The molecule has 0 saturated heterocycles. The average molecular weight is 277 g/mol. The maximum absolute atomic E-state index is 11.8. The molecule has 0 aliphatic rings. The Morgan fingerprint density at radius 1 is 1.47 bits per heavy atom. The number of thiazole rings is 1. The summed E-state index contributed by atoms with van der Waals surface area (Å²) in [6, 6.07) is 0. The maximum Gasteiger partial charge on any atom is 0.303 e. The zero-order valence-electron chi connectivity index (χ0n) is 9.93. The number of rotatable bonds is 6. The molecule has 96 valence electrons. The van der Waals surface area contributed by atoms with Crippen molar-refractivity contribution in [1.82, 2.24) is 9.29 Å². The number of ketones is 1. The van der Waals surface area contributed by atoms with Crippen LogP contribution in [0.3, 0.4) is 0 Å². The summed E-state index contributed by atoms with van der Waals surface area (Å²) >= 11 is 1.09. The molecule has 0 fully saturated rings. The Balaban J connectivity index is 2.86. The van der Waals surface area contributed by atoms with Crippen LogP contribution in [0.1, 0.15) is 31.3 Å². The van der Waals surface area contributed by atoms with Crippen molar-refractivity contribution in [2.75, 3.05) is 17.8 Å². The molecule has 17 heavy (non-hydrogen) atoms. The van der Waals surface area contributed by atoms with Crippen LogP contribution in [0.5, 0.6) is 0 Å². The normalized spacial score (nSPS) is 11.8. The van der Waals surface area contributed by atoms with Crippen LogP contribution in [0.2, 0.25) is 0 Å². The summed E-state index contributed by atoms with van der Waals surface area (Å²) in [4.78, 5) is 14.9. The summed E-state index contributed by atoms with van der Waals surface area (Å²) in [6.45, 7) is 5.67. The van der Waals surface area contributed by atoms with Crippen molar-refractivity contribution in [2.24, 2.45) is 0 Å². The summed E-state index contributed by atoms with van der Waals surface area (Å²) < 4.78 is 27.3. The second-order valence-corrected chi connectivity index (χ2v) is 5.81. The standard InChI is InChI=1S/C9H15N3O3S2/c1-4-12(5-2)17(14,15)11-9-10-8(6-16-9)7(3)13/h6H,4-5H2,1-3H3,(H,10,11). The van der Waals surface area contributed by atoms with Crippen LogP contribution < -0.4 is 4.72 Å². The van der Waals surface area contributed by atoms with E-state index in [1.54, 1.807) is 13.8 Å². The summed E-state index contributed by atoms with van der Waals surface area (Å²) in [5.41, 5.74) is 0.271. The van der Waals surface area contributed by atoms with Crippen molar-refractivity contribution in [3.05, 3.63) is 11.1 Å². The summed E-state index contributed by atoms with van der Waals surface area (Å²) in [5, 5.41) is 1.74. The van der Waals surface area contributed by atoms with E-state index in [9.17, 15) is 13.2 Å². The fourth-order valence-electron chi connectivity index (χ4n) is 1.22. The lowest BCUT2D eigenvalue weighted by molar-refractivity contribution is 0.101. The predicted octanol–water partition coefficient (Wildman–Crippen LogP) is 1.34. The van der Waals surface area contributed by atoms with Crippen LogP contribution in [0.25, 0.3) is 0 Å². The third-order valence-electron chi connectivity index (χ3n) is 2.13. The van der Waals surface area contributed by atoms with Crippen LogP contribution >= 0.6 is 11.3 Å². The molecule has 0 aromatic carbocycles. The molecule has 0 spiro atoms. The maximum atomic E-state index is 11.8. The first-order valence-electron chi connectivity index (χ1n) is 5.15. The lowest BCUT2D eigenvalue weighted by Gasteiger charge is -2.17. The van der Waals surface area contributed by atoms with E-state index < -0.39 is 10.2 Å². The lowest BCUT2D eigenvalue weighted by atomic mass is 10.4. The van der Waals surface area contributed by atoms with Crippen molar-refractivity contribution < 1.29 is 13.2 Å². The molecule has 0 atom stereocenters. The number of aromatic nitrogens is 1. The van der Waals surface area contributed by atoms with E-state index in [0.29, 0.717) is 13.1 Å². The monoisotopic (exact) mass is 277 g/mol. The first kappa shape index (κ1) is 14.1. The highest BCUT2D eigenvalue weighted by molar-refractivity contribution is 7.90. The van der Waals surface area contributed by atoms with E-state index in [-0.39, 0.29) is 16.6 Å². The summed E-state index contributed by atoms with van der Waals surface area (Å²) in [6.07, 6.45) is 0. The van der Waals surface area contributed by atoms with E-state index in [1.165, 1.54) is 16.6 Å². The molecule has 0 saturated carbocycles.